The standard InChI is InChI=1S/C24H27N3O2S/c28-23(18-5-3-11-27(16-18)24(29)22-8-4-14-30-22)26-12-9-17(10-13-26)20-15-25-21-7-2-1-6-19(20)21/h1-2,4,6-8,14-15,17-18,25H,3,5,9-13,16H2. The topological polar surface area (TPSA) is 56.4 Å². The number of rotatable bonds is 3. The Balaban J connectivity index is 1.21. The van der Waals surface area contributed by atoms with E-state index in [9.17, 15) is 9.59 Å². The van der Waals surface area contributed by atoms with Crippen LogP contribution in [0.4, 0.5) is 0 Å². The molecule has 0 aliphatic carbocycles. The molecule has 1 unspecified atom stereocenters. The van der Waals surface area contributed by atoms with Gasteiger partial charge in [-0.15, -0.1) is 11.3 Å². The summed E-state index contributed by atoms with van der Waals surface area (Å²) in [4.78, 5) is 33.9. The molecule has 5 nitrogen and oxygen atoms in total. The fraction of sp³-hybridized carbons (Fsp3) is 0.417. The first-order valence-corrected chi connectivity index (χ1v) is 11.8. The Morgan fingerprint density at radius 2 is 1.80 bits per heavy atom. The van der Waals surface area contributed by atoms with Crippen LogP contribution in [0, 0.1) is 5.92 Å². The van der Waals surface area contributed by atoms with Gasteiger partial charge in [-0.25, -0.2) is 0 Å². The average Bonchev–Trinajstić information content (AvgIpc) is 3.49. The van der Waals surface area contributed by atoms with Crippen LogP contribution < -0.4 is 0 Å². The number of aromatic amines is 1. The van der Waals surface area contributed by atoms with Crippen LogP contribution in [0.5, 0.6) is 0 Å². The van der Waals surface area contributed by atoms with Crippen molar-refractivity contribution in [2.75, 3.05) is 26.2 Å². The monoisotopic (exact) mass is 421 g/mol. The molecule has 5 rings (SSSR count). The number of H-pyrrole nitrogens is 1. The molecule has 0 saturated carbocycles. The second-order valence-corrected chi connectivity index (χ2v) is 9.40. The van der Waals surface area contributed by atoms with Gasteiger partial charge in [0.25, 0.3) is 5.91 Å². The minimum atomic E-state index is -0.0627. The van der Waals surface area contributed by atoms with Gasteiger partial charge in [0.1, 0.15) is 0 Å². The molecule has 1 N–H and O–H groups in total. The smallest absolute Gasteiger partial charge is 0.263 e. The Hall–Kier alpha value is -2.60. The Labute approximate surface area is 180 Å². The molecule has 2 saturated heterocycles. The molecule has 2 aromatic heterocycles. The van der Waals surface area contributed by atoms with Gasteiger partial charge in [0.15, 0.2) is 0 Å². The molecule has 0 spiro atoms. The highest BCUT2D eigenvalue weighted by Crippen LogP contribution is 2.34. The van der Waals surface area contributed by atoms with Crippen molar-refractivity contribution in [3.8, 4) is 0 Å². The number of hydrogen-bond acceptors (Lipinski definition) is 3. The highest BCUT2D eigenvalue weighted by Gasteiger charge is 2.33. The van der Waals surface area contributed by atoms with Gasteiger partial charge in [-0.2, -0.15) is 0 Å². The van der Waals surface area contributed by atoms with Crippen LogP contribution in [0.15, 0.2) is 48.0 Å². The Bertz CT molecular complexity index is 1030. The number of nitrogens with one attached hydrogen (secondary N) is 1. The molecular weight excluding hydrogens is 394 g/mol. The third kappa shape index (κ3) is 3.65. The molecule has 1 aromatic carbocycles. The van der Waals surface area contributed by atoms with E-state index in [1.165, 1.54) is 27.8 Å². The van der Waals surface area contributed by atoms with Crippen LogP contribution in [0.3, 0.4) is 0 Å². The molecule has 2 aliphatic rings. The van der Waals surface area contributed by atoms with Gasteiger partial charge in [0.2, 0.25) is 5.91 Å². The average molecular weight is 422 g/mol. The quantitative estimate of drug-likeness (QED) is 0.678. The first kappa shape index (κ1) is 19.4. The van der Waals surface area contributed by atoms with Gasteiger partial charge in [-0.3, -0.25) is 9.59 Å². The third-order valence-electron chi connectivity index (χ3n) is 6.66. The maximum Gasteiger partial charge on any atom is 0.263 e. The summed E-state index contributed by atoms with van der Waals surface area (Å²) in [7, 11) is 0. The summed E-state index contributed by atoms with van der Waals surface area (Å²) >= 11 is 1.47. The molecule has 2 aliphatic heterocycles. The summed E-state index contributed by atoms with van der Waals surface area (Å²) in [5.74, 6) is 0.734. The molecule has 6 heteroatoms. The lowest BCUT2D eigenvalue weighted by Crippen LogP contribution is -2.48. The van der Waals surface area contributed by atoms with Crippen molar-refractivity contribution in [2.24, 2.45) is 5.92 Å². The lowest BCUT2D eigenvalue weighted by atomic mass is 9.88. The number of carbonyl (C=O) groups is 2. The number of thiophene rings is 1. The number of benzene rings is 1. The lowest BCUT2D eigenvalue weighted by Gasteiger charge is -2.37. The first-order chi connectivity index (χ1) is 14.7. The number of hydrogen-bond donors (Lipinski definition) is 1. The van der Waals surface area contributed by atoms with Gasteiger partial charge >= 0.3 is 0 Å². The summed E-state index contributed by atoms with van der Waals surface area (Å²) in [5.41, 5.74) is 2.56. The van der Waals surface area contributed by atoms with Crippen LogP contribution in [-0.4, -0.2) is 52.8 Å². The van der Waals surface area contributed by atoms with Crippen LogP contribution in [0.25, 0.3) is 10.9 Å². The number of amides is 2. The number of aromatic nitrogens is 1. The number of nitrogens with zero attached hydrogens (tertiary/aromatic N) is 2. The van der Waals surface area contributed by atoms with Gasteiger partial charge < -0.3 is 14.8 Å². The van der Waals surface area contributed by atoms with Gasteiger partial charge in [-0.1, -0.05) is 24.3 Å². The van der Waals surface area contributed by atoms with Crippen LogP contribution in [0.2, 0.25) is 0 Å². The predicted octanol–water partition coefficient (Wildman–Crippen LogP) is 4.49. The molecule has 2 amide bonds. The molecule has 4 heterocycles. The fourth-order valence-corrected chi connectivity index (χ4v) is 5.71. The van der Waals surface area contributed by atoms with Crippen molar-refractivity contribution >= 4 is 34.1 Å². The van der Waals surface area contributed by atoms with Crippen molar-refractivity contribution in [2.45, 2.75) is 31.6 Å². The molecule has 156 valence electrons. The van der Waals surface area contributed by atoms with E-state index in [0.717, 1.165) is 50.2 Å². The second-order valence-electron chi connectivity index (χ2n) is 8.46. The highest BCUT2D eigenvalue weighted by atomic mass is 32.1. The number of piperidine rings is 2. The van der Waals surface area contributed by atoms with Crippen molar-refractivity contribution in [1.29, 1.82) is 0 Å². The molecule has 0 radical (unpaired) electrons. The Morgan fingerprint density at radius 3 is 2.60 bits per heavy atom. The van der Waals surface area contributed by atoms with Crippen molar-refractivity contribution in [1.82, 2.24) is 14.8 Å². The van der Waals surface area contributed by atoms with E-state index in [1.807, 2.05) is 27.3 Å². The molecule has 0 bridgehead atoms. The van der Waals surface area contributed by atoms with E-state index in [2.05, 4.69) is 35.4 Å². The first-order valence-electron chi connectivity index (χ1n) is 10.9. The van der Waals surface area contributed by atoms with E-state index in [1.54, 1.807) is 0 Å². The number of para-hydroxylation sites is 1. The Morgan fingerprint density at radius 1 is 0.967 bits per heavy atom. The summed E-state index contributed by atoms with van der Waals surface area (Å²) in [6, 6.07) is 12.2. The number of likely N-dealkylation sites (tertiary alicyclic amines) is 2. The zero-order chi connectivity index (χ0) is 20.5. The van der Waals surface area contributed by atoms with Crippen LogP contribution >= 0.6 is 11.3 Å². The van der Waals surface area contributed by atoms with Gasteiger partial charge in [0, 0.05) is 43.3 Å². The maximum absolute atomic E-state index is 13.2. The normalized spacial score (nSPS) is 20.6. The second kappa shape index (κ2) is 8.26. The van der Waals surface area contributed by atoms with E-state index in [0.29, 0.717) is 12.5 Å². The number of carbonyl (C=O) groups excluding carboxylic acids is 2. The van der Waals surface area contributed by atoms with Crippen molar-refractivity contribution in [3.05, 3.63) is 58.4 Å². The SMILES string of the molecule is O=C(c1cccs1)N1CCCC(C(=O)N2CCC(c3c[nH]c4ccccc34)CC2)C1. The van der Waals surface area contributed by atoms with E-state index >= 15 is 0 Å². The summed E-state index contributed by atoms with van der Waals surface area (Å²) in [6.45, 7) is 2.91. The minimum Gasteiger partial charge on any atom is -0.361 e. The van der Waals surface area contributed by atoms with Gasteiger partial charge in [-0.05, 0) is 54.7 Å². The molecule has 3 aromatic rings. The third-order valence-corrected chi connectivity index (χ3v) is 7.52. The number of fused-ring (bicyclic) bond motifs is 1. The Kier molecular flexibility index (Phi) is 5.34. The highest BCUT2D eigenvalue weighted by molar-refractivity contribution is 7.12. The summed E-state index contributed by atoms with van der Waals surface area (Å²) in [6.07, 6.45) is 5.92. The van der Waals surface area contributed by atoms with E-state index < -0.39 is 0 Å². The molecular formula is C24H27N3O2S. The van der Waals surface area contributed by atoms with E-state index in [-0.39, 0.29) is 17.7 Å². The minimum absolute atomic E-state index is 0.0627. The van der Waals surface area contributed by atoms with Crippen LogP contribution in [-0.2, 0) is 4.79 Å². The van der Waals surface area contributed by atoms with Crippen molar-refractivity contribution in [3.63, 3.8) is 0 Å². The zero-order valence-electron chi connectivity index (χ0n) is 17.0. The van der Waals surface area contributed by atoms with E-state index in [4.69, 9.17) is 0 Å². The molecule has 30 heavy (non-hydrogen) atoms. The largest absolute Gasteiger partial charge is 0.361 e. The summed E-state index contributed by atoms with van der Waals surface area (Å²) in [5, 5.41) is 3.23. The lowest BCUT2D eigenvalue weighted by molar-refractivity contribution is -0.138. The molecule has 2 fully saturated rings. The van der Waals surface area contributed by atoms with Crippen LogP contribution in [0.1, 0.15) is 46.8 Å². The zero-order valence-corrected chi connectivity index (χ0v) is 17.9. The maximum atomic E-state index is 13.2. The predicted molar refractivity (Wildman–Crippen MR) is 120 cm³/mol. The fourth-order valence-electron chi connectivity index (χ4n) is 5.02. The van der Waals surface area contributed by atoms with Crippen molar-refractivity contribution < 1.29 is 9.59 Å². The molecule has 1 atom stereocenters. The van der Waals surface area contributed by atoms with Gasteiger partial charge in [0.05, 0.1) is 10.8 Å². The summed E-state index contributed by atoms with van der Waals surface area (Å²) < 4.78 is 0.